The molecule has 164 valence electrons. The molecule has 2 aliphatic rings. The van der Waals surface area contributed by atoms with Crippen molar-refractivity contribution in [1.29, 1.82) is 0 Å². The normalized spacial score (nSPS) is 16.9. The predicted octanol–water partition coefficient (Wildman–Crippen LogP) is 2.77. The van der Waals surface area contributed by atoms with Gasteiger partial charge in [0.25, 0.3) is 11.1 Å². The first kappa shape index (κ1) is 21.6. The number of carboxylic acid groups (broad SMARTS) is 1. The minimum Gasteiger partial charge on any atom is -0.481 e. The molecule has 4 rings (SSSR count). The zero-order valence-corrected chi connectivity index (χ0v) is 17.8. The maximum Gasteiger partial charge on any atom is 0.341 e. The molecule has 9 heteroatoms. The van der Waals surface area contributed by atoms with Crippen molar-refractivity contribution in [3.05, 3.63) is 70.1 Å². The van der Waals surface area contributed by atoms with Crippen molar-refractivity contribution in [1.82, 2.24) is 9.80 Å². The summed E-state index contributed by atoms with van der Waals surface area (Å²) in [7, 11) is 0. The standard InChI is InChI=1S/C23H20N2O6S/c26-20(24-10-9-15-5-1-2-7-17(15)12-24)13-25-22(29)19(32-23(25)30)11-16-6-3-4-8-18(16)31-14-21(27)28/h1-8,11H,9-10,12-14H2,(H,27,28)/b19-11+. The Labute approximate surface area is 188 Å². The van der Waals surface area contributed by atoms with Crippen LogP contribution in [0.5, 0.6) is 5.75 Å². The molecule has 0 atom stereocenters. The molecular formula is C23H20N2O6S. The number of rotatable bonds is 6. The molecule has 0 saturated carbocycles. The Bertz CT molecular complexity index is 1130. The number of para-hydroxylation sites is 1. The SMILES string of the molecule is O=C(O)COc1ccccc1/C=C1/SC(=O)N(CC(=O)N2CCc3ccccc3C2)C1=O. The van der Waals surface area contributed by atoms with Crippen molar-refractivity contribution in [2.24, 2.45) is 0 Å². The lowest BCUT2D eigenvalue weighted by atomic mass is 10.00. The predicted molar refractivity (Wildman–Crippen MR) is 118 cm³/mol. The zero-order valence-electron chi connectivity index (χ0n) is 17.0. The quantitative estimate of drug-likeness (QED) is 0.672. The van der Waals surface area contributed by atoms with Gasteiger partial charge in [-0.2, -0.15) is 0 Å². The summed E-state index contributed by atoms with van der Waals surface area (Å²) in [4.78, 5) is 51.6. The summed E-state index contributed by atoms with van der Waals surface area (Å²) in [6.45, 7) is 0.146. The average molecular weight is 452 g/mol. The van der Waals surface area contributed by atoms with E-state index in [1.807, 2.05) is 24.3 Å². The largest absolute Gasteiger partial charge is 0.481 e. The zero-order chi connectivity index (χ0) is 22.7. The average Bonchev–Trinajstić information content (AvgIpc) is 3.05. The highest BCUT2D eigenvalue weighted by Gasteiger charge is 2.37. The van der Waals surface area contributed by atoms with E-state index < -0.39 is 23.7 Å². The van der Waals surface area contributed by atoms with E-state index in [1.54, 1.807) is 29.2 Å². The summed E-state index contributed by atoms with van der Waals surface area (Å²) < 4.78 is 5.25. The molecule has 8 nitrogen and oxygen atoms in total. The summed E-state index contributed by atoms with van der Waals surface area (Å²) in [6.07, 6.45) is 2.21. The van der Waals surface area contributed by atoms with Gasteiger partial charge in [0, 0.05) is 18.7 Å². The van der Waals surface area contributed by atoms with E-state index in [1.165, 1.54) is 11.6 Å². The van der Waals surface area contributed by atoms with Crippen LogP contribution in [0.25, 0.3) is 6.08 Å². The summed E-state index contributed by atoms with van der Waals surface area (Å²) in [6, 6.07) is 14.5. The summed E-state index contributed by atoms with van der Waals surface area (Å²) in [5.41, 5.74) is 2.74. The number of fused-ring (bicyclic) bond motifs is 1. The summed E-state index contributed by atoms with van der Waals surface area (Å²) in [5.74, 6) is -1.68. The first-order valence-electron chi connectivity index (χ1n) is 9.96. The molecule has 32 heavy (non-hydrogen) atoms. The first-order valence-corrected chi connectivity index (χ1v) is 10.8. The fraction of sp³-hybridized carbons (Fsp3) is 0.217. The highest BCUT2D eigenvalue weighted by Crippen LogP contribution is 2.34. The number of hydrogen-bond acceptors (Lipinski definition) is 6. The molecule has 2 aliphatic heterocycles. The molecule has 1 saturated heterocycles. The molecule has 1 fully saturated rings. The highest BCUT2D eigenvalue weighted by molar-refractivity contribution is 8.18. The number of ether oxygens (including phenoxy) is 1. The Morgan fingerprint density at radius 2 is 1.78 bits per heavy atom. The molecule has 0 aromatic heterocycles. The third-order valence-corrected chi connectivity index (χ3v) is 6.11. The first-order chi connectivity index (χ1) is 15.4. The van der Waals surface area contributed by atoms with Gasteiger partial charge < -0.3 is 14.7 Å². The van der Waals surface area contributed by atoms with E-state index in [-0.39, 0.29) is 23.1 Å². The van der Waals surface area contributed by atoms with Crippen LogP contribution in [0.15, 0.2) is 53.4 Å². The maximum atomic E-state index is 12.8. The van der Waals surface area contributed by atoms with Crippen molar-refractivity contribution in [2.45, 2.75) is 13.0 Å². The van der Waals surface area contributed by atoms with Crippen molar-refractivity contribution in [3.8, 4) is 5.75 Å². The van der Waals surface area contributed by atoms with Crippen LogP contribution in [0.2, 0.25) is 0 Å². The molecule has 0 unspecified atom stereocenters. The molecule has 0 bridgehead atoms. The van der Waals surface area contributed by atoms with Gasteiger partial charge in [-0.25, -0.2) is 4.79 Å². The van der Waals surface area contributed by atoms with Crippen LogP contribution in [0, 0.1) is 0 Å². The Morgan fingerprint density at radius 3 is 2.56 bits per heavy atom. The number of carbonyl (C=O) groups excluding carboxylic acids is 3. The maximum absolute atomic E-state index is 12.8. The van der Waals surface area contributed by atoms with Crippen LogP contribution in [-0.4, -0.2) is 57.6 Å². The van der Waals surface area contributed by atoms with E-state index in [2.05, 4.69) is 0 Å². The lowest BCUT2D eigenvalue weighted by molar-refractivity contribution is -0.139. The van der Waals surface area contributed by atoms with Gasteiger partial charge in [0.2, 0.25) is 5.91 Å². The van der Waals surface area contributed by atoms with E-state index in [9.17, 15) is 19.2 Å². The second kappa shape index (κ2) is 9.27. The van der Waals surface area contributed by atoms with Crippen molar-refractivity contribution >= 4 is 40.9 Å². The van der Waals surface area contributed by atoms with E-state index >= 15 is 0 Å². The fourth-order valence-corrected chi connectivity index (χ4v) is 4.42. The van der Waals surface area contributed by atoms with Gasteiger partial charge in [-0.15, -0.1) is 0 Å². The lowest BCUT2D eigenvalue weighted by Gasteiger charge is -2.29. The van der Waals surface area contributed by atoms with E-state index in [0.717, 1.165) is 28.6 Å². The van der Waals surface area contributed by atoms with Crippen molar-refractivity contribution < 1.29 is 29.0 Å². The number of imide groups is 1. The van der Waals surface area contributed by atoms with Gasteiger partial charge >= 0.3 is 5.97 Å². The molecule has 2 heterocycles. The molecule has 2 aromatic rings. The topological polar surface area (TPSA) is 104 Å². The van der Waals surface area contributed by atoms with Gasteiger partial charge in [-0.1, -0.05) is 42.5 Å². The number of benzene rings is 2. The molecule has 0 radical (unpaired) electrons. The van der Waals surface area contributed by atoms with Crippen LogP contribution >= 0.6 is 11.8 Å². The fourth-order valence-electron chi connectivity index (χ4n) is 3.59. The van der Waals surface area contributed by atoms with Gasteiger partial charge in [0.15, 0.2) is 6.61 Å². The van der Waals surface area contributed by atoms with Crippen LogP contribution in [-0.2, 0) is 27.3 Å². The van der Waals surface area contributed by atoms with Crippen LogP contribution in [0.1, 0.15) is 16.7 Å². The molecule has 3 amide bonds. The third kappa shape index (κ3) is 4.67. The van der Waals surface area contributed by atoms with E-state index in [4.69, 9.17) is 9.84 Å². The third-order valence-electron chi connectivity index (χ3n) is 5.21. The number of hydrogen-bond donors (Lipinski definition) is 1. The van der Waals surface area contributed by atoms with Gasteiger partial charge in [0.1, 0.15) is 12.3 Å². The number of carboxylic acids is 1. The van der Waals surface area contributed by atoms with Crippen LogP contribution in [0.3, 0.4) is 0 Å². The van der Waals surface area contributed by atoms with Crippen molar-refractivity contribution in [3.63, 3.8) is 0 Å². The molecule has 0 spiro atoms. The van der Waals surface area contributed by atoms with Crippen molar-refractivity contribution in [2.75, 3.05) is 19.7 Å². The minimum absolute atomic E-state index is 0.151. The Balaban J connectivity index is 1.46. The van der Waals surface area contributed by atoms with Gasteiger partial charge in [-0.05, 0) is 41.5 Å². The number of amides is 3. The minimum atomic E-state index is -1.13. The Morgan fingerprint density at radius 1 is 1.06 bits per heavy atom. The number of carbonyl (C=O) groups is 4. The number of thioether (sulfide) groups is 1. The Hall–Kier alpha value is -3.59. The second-order valence-corrected chi connectivity index (χ2v) is 8.32. The molecule has 0 aliphatic carbocycles. The summed E-state index contributed by atoms with van der Waals surface area (Å²) >= 11 is 0.743. The molecular weight excluding hydrogens is 432 g/mol. The van der Waals surface area contributed by atoms with Gasteiger partial charge in [0.05, 0.1) is 4.91 Å². The Kier molecular flexibility index (Phi) is 6.27. The van der Waals surface area contributed by atoms with Crippen LogP contribution < -0.4 is 4.74 Å². The molecule has 2 aromatic carbocycles. The van der Waals surface area contributed by atoms with E-state index in [0.29, 0.717) is 18.7 Å². The summed E-state index contributed by atoms with van der Waals surface area (Å²) in [5, 5.41) is 8.30. The lowest BCUT2D eigenvalue weighted by Crippen LogP contribution is -2.44. The number of nitrogens with zero attached hydrogens (tertiary/aromatic N) is 2. The monoisotopic (exact) mass is 452 g/mol. The van der Waals surface area contributed by atoms with Crippen LogP contribution in [0.4, 0.5) is 4.79 Å². The smallest absolute Gasteiger partial charge is 0.341 e. The molecule has 1 N–H and O–H groups in total. The highest BCUT2D eigenvalue weighted by atomic mass is 32.2. The van der Waals surface area contributed by atoms with Gasteiger partial charge in [-0.3, -0.25) is 19.3 Å². The number of aliphatic carboxylic acids is 1. The second-order valence-electron chi connectivity index (χ2n) is 7.32.